The van der Waals surface area contributed by atoms with Gasteiger partial charge in [-0.05, 0) is 43.0 Å². The second-order valence-corrected chi connectivity index (χ2v) is 5.39. The van der Waals surface area contributed by atoms with E-state index in [1.54, 1.807) is 12.1 Å². The molecule has 2 rings (SSSR count). The van der Waals surface area contributed by atoms with Gasteiger partial charge in [-0.3, -0.25) is 11.3 Å². The van der Waals surface area contributed by atoms with Crippen LogP contribution in [0.2, 0.25) is 5.02 Å². The Morgan fingerprint density at radius 1 is 1.20 bits per heavy atom. The third kappa shape index (κ3) is 3.18. The number of hydrogen-bond donors (Lipinski definition) is 2. The molecule has 0 fully saturated rings. The Labute approximate surface area is 123 Å². The summed E-state index contributed by atoms with van der Waals surface area (Å²) in [6.07, 6.45) is 0.606. The summed E-state index contributed by atoms with van der Waals surface area (Å²) in [7, 11) is 0. The number of nitrogens with two attached hydrogens (primary N) is 1. The average molecular weight is 293 g/mol. The van der Waals surface area contributed by atoms with Gasteiger partial charge in [0.25, 0.3) is 0 Å². The lowest BCUT2D eigenvalue weighted by Crippen LogP contribution is -2.30. The predicted molar refractivity (Wildman–Crippen MR) is 81.1 cm³/mol. The first-order valence-electron chi connectivity index (χ1n) is 6.49. The smallest absolute Gasteiger partial charge is 0.146 e. The van der Waals surface area contributed by atoms with Crippen LogP contribution in [0, 0.1) is 19.7 Å². The van der Waals surface area contributed by atoms with Gasteiger partial charge in [-0.1, -0.05) is 41.9 Å². The zero-order valence-electron chi connectivity index (χ0n) is 11.6. The van der Waals surface area contributed by atoms with E-state index in [0.29, 0.717) is 12.0 Å². The van der Waals surface area contributed by atoms with Gasteiger partial charge < -0.3 is 0 Å². The molecular weight excluding hydrogens is 275 g/mol. The summed E-state index contributed by atoms with van der Waals surface area (Å²) in [6, 6.07) is 10.8. The lowest BCUT2D eigenvalue weighted by atomic mass is 9.96. The highest BCUT2D eigenvalue weighted by Gasteiger charge is 2.17. The van der Waals surface area contributed by atoms with E-state index >= 15 is 0 Å². The van der Waals surface area contributed by atoms with E-state index in [-0.39, 0.29) is 11.1 Å². The molecule has 0 bridgehead atoms. The summed E-state index contributed by atoms with van der Waals surface area (Å²) in [6.45, 7) is 4.12. The van der Waals surface area contributed by atoms with Crippen molar-refractivity contribution in [1.82, 2.24) is 5.43 Å². The van der Waals surface area contributed by atoms with Crippen LogP contribution in [0.4, 0.5) is 4.39 Å². The number of rotatable bonds is 4. The van der Waals surface area contributed by atoms with Gasteiger partial charge in [-0.15, -0.1) is 0 Å². The van der Waals surface area contributed by atoms with Gasteiger partial charge in [0, 0.05) is 5.56 Å². The van der Waals surface area contributed by atoms with Crippen molar-refractivity contribution in [1.29, 1.82) is 0 Å². The highest BCUT2D eigenvalue weighted by Crippen LogP contribution is 2.26. The van der Waals surface area contributed by atoms with Crippen LogP contribution >= 0.6 is 11.6 Å². The minimum absolute atomic E-state index is 0.114. The van der Waals surface area contributed by atoms with Crippen LogP contribution in [0.3, 0.4) is 0 Å². The van der Waals surface area contributed by atoms with Gasteiger partial charge in [-0.25, -0.2) is 4.39 Å². The quantitative estimate of drug-likeness (QED) is 0.664. The molecule has 0 amide bonds. The number of nitrogens with one attached hydrogen (secondary N) is 1. The van der Waals surface area contributed by atoms with Crippen LogP contribution < -0.4 is 11.3 Å². The van der Waals surface area contributed by atoms with Crippen molar-refractivity contribution in [3.8, 4) is 0 Å². The maximum atomic E-state index is 14.1. The lowest BCUT2D eigenvalue weighted by molar-refractivity contribution is 0.510. The first-order valence-corrected chi connectivity index (χ1v) is 6.87. The summed E-state index contributed by atoms with van der Waals surface area (Å²) in [5, 5.41) is 0.114. The highest BCUT2D eigenvalue weighted by atomic mass is 35.5. The molecule has 106 valence electrons. The SMILES string of the molecule is Cc1ccc(CC(NN)c2cccc(Cl)c2F)cc1C. The highest BCUT2D eigenvalue weighted by molar-refractivity contribution is 6.30. The fraction of sp³-hybridized carbons (Fsp3) is 0.250. The van der Waals surface area contributed by atoms with Gasteiger partial charge in [0.1, 0.15) is 5.82 Å². The standard InChI is InChI=1S/C16H18ClFN2/c1-10-6-7-12(8-11(10)2)9-15(20-19)13-4-3-5-14(17)16(13)18/h3-8,15,20H,9,19H2,1-2H3. The fourth-order valence-corrected chi connectivity index (χ4v) is 2.40. The molecule has 20 heavy (non-hydrogen) atoms. The number of hydrazine groups is 1. The molecule has 0 saturated carbocycles. The Morgan fingerprint density at radius 3 is 2.60 bits per heavy atom. The number of benzene rings is 2. The Morgan fingerprint density at radius 2 is 1.95 bits per heavy atom. The zero-order chi connectivity index (χ0) is 14.7. The fourth-order valence-electron chi connectivity index (χ4n) is 2.21. The van der Waals surface area contributed by atoms with Crippen LogP contribution in [0.1, 0.15) is 28.3 Å². The van der Waals surface area contributed by atoms with Crippen molar-refractivity contribution in [2.45, 2.75) is 26.3 Å². The average Bonchev–Trinajstić information content (AvgIpc) is 2.43. The molecule has 1 atom stereocenters. The molecule has 0 aliphatic rings. The Hall–Kier alpha value is -1.42. The van der Waals surface area contributed by atoms with Crippen molar-refractivity contribution in [3.05, 3.63) is 69.5 Å². The van der Waals surface area contributed by atoms with Crippen molar-refractivity contribution >= 4 is 11.6 Å². The van der Waals surface area contributed by atoms with E-state index in [2.05, 4.69) is 31.4 Å². The Bertz CT molecular complexity index is 613. The van der Waals surface area contributed by atoms with Crippen LogP contribution in [0.15, 0.2) is 36.4 Å². The van der Waals surface area contributed by atoms with Gasteiger partial charge >= 0.3 is 0 Å². The van der Waals surface area contributed by atoms with E-state index in [0.717, 1.165) is 5.56 Å². The minimum Gasteiger partial charge on any atom is -0.271 e. The molecule has 0 saturated heterocycles. The van der Waals surface area contributed by atoms with E-state index in [9.17, 15) is 4.39 Å². The lowest BCUT2D eigenvalue weighted by Gasteiger charge is -2.18. The maximum Gasteiger partial charge on any atom is 0.146 e. The predicted octanol–water partition coefficient (Wildman–Crippen LogP) is 3.84. The van der Waals surface area contributed by atoms with E-state index < -0.39 is 5.82 Å². The second-order valence-electron chi connectivity index (χ2n) is 4.99. The normalized spacial score (nSPS) is 12.4. The summed E-state index contributed by atoms with van der Waals surface area (Å²) >= 11 is 5.82. The van der Waals surface area contributed by atoms with Gasteiger partial charge in [-0.2, -0.15) is 0 Å². The third-order valence-corrected chi connectivity index (χ3v) is 3.86. The molecule has 0 heterocycles. The van der Waals surface area contributed by atoms with Crippen molar-refractivity contribution < 1.29 is 4.39 Å². The van der Waals surface area contributed by atoms with Crippen molar-refractivity contribution in [2.24, 2.45) is 5.84 Å². The van der Waals surface area contributed by atoms with E-state index in [1.165, 1.54) is 17.2 Å². The van der Waals surface area contributed by atoms with Crippen LogP contribution in [0.5, 0.6) is 0 Å². The van der Waals surface area contributed by atoms with Crippen LogP contribution in [-0.2, 0) is 6.42 Å². The third-order valence-electron chi connectivity index (χ3n) is 3.57. The molecule has 0 aromatic heterocycles. The minimum atomic E-state index is -0.416. The summed E-state index contributed by atoms with van der Waals surface area (Å²) in [5.41, 5.74) is 6.71. The van der Waals surface area contributed by atoms with Crippen molar-refractivity contribution in [2.75, 3.05) is 0 Å². The maximum absolute atomic E-state index is 14.1. The summed E-state index contributed by atoms with van der Waals surface area (Å²) in [5.74, 6) is 5.16. The van der Waals surface area contributed by atoms with Crippen molar-refractivity contribution in [3.63, 3.8) is 0 Å². The molecule has 0 aliphatic heterocycles. The molecule has 0 radical (unpaired) electrons. The van der Waals surface area contributed by atoms with Gasteiger partial charge in [0.05, 0.1) is 11.1 Å². The van der Waals surface area contributed by atoms with Gasteiger partial charge in [0.15, 0.2) is 0 Å². The monoisotopic (exact) mass is 292 g/mol. The first kappa shape index (κ1) is 15.0. The summed E-state index contributed by atoms with van der Waals surface area (Å²) < 4.78 is 14.1. The van der Waals surface area contributed by atoms with E-state index in [4.69, 9.17) is 17.4 Å². The molecule has 2 aromatic carbocycles. The van der Waals surface area contributed by atoms with Crippen LogP contribution in [-0.4, -0.2) is 0 Å². The molecule has 1 unspecified atom stereocenters. The van der Waals surface area contributed by atoms with Crippen LogP contribution in [0.25, 0.3) is 0 Å². The molecule has 3 N–H and O–H groups in total. The van der Waals surface area contributed by atoms with Gasteiger partial charge in [0.2, 0.25) is 0 Å². The molecular formula is C16H18ClFN2. The number of halogens is 2. The molecule has 4 heteroatoms. The first-order chi connectivity index (χ1) is 9.52. The van der Waals surface area contributed by atoms with E-state index in [1.807, 2.05) is 6.07 Å². The Kier molecular flexibility index (Phi) is 4.76. The zero-order valence-corrected chi connectivity index (χ0v) is 12.3. The summed E-state index contributed by atoms with van der Waals surface area (Å²) in [4.78, 5) is 0. The second kappa shape index (κ2) is 6.35. The number of aryl methyl sites for hydroxylation is 2. The Balaban J connectivity index is 2.28. The molecule has 2 nitrogen and oxygen atoms in total. The number of hydrogen-bond acceptors (Lipinski definition) is 2. The largest absolute Gasteiger partial charge is 0.271 e. The molecule has 2 aromatic rings. The molecule has 0 spiro atoms. The molecule has 0 aliphatic carbocycles. The topological polar surface area (TPSA) is 38.0 Å².